The van der Waals surface area contributed by atoms with E-state index in [1.807, 2.05) is 84.9 Å². The first-order chi connectivity index (χ1) is 68.7. The molecule has 0 aliphatic heterocycles. The van der Waals surface area contributed by atoms with Gasteiger partial charge in [-0.25, -0.2) is 29.9 Å². The van der Waals surface area contributed by atoms with Crippen LogP contribution in [0.25, 0.3) is 196 Å². The Morgan fingerprint density at radius 1 is 0.182 bits per heavy atom. The Balaban J connectivity index is 0.000000113. The van der Waals surface area contributed by atoms with Gasteiger partial charge in [0.25, 0.3) is 0 Å². The van der Waals surface area contributed by atoms with E-state index in [-0.39, 0.29) is 48.7 Å². The lowest BCUT2D eigenvalue weighted by molar-refractivity contribution is 0.298. The molecule has 0 N–H and O–H groups in total. The van der Waals surface area contributed by atoms with Gasteiger partial charge in [0.1, 0.15) is 11.2 Å². The molecule has 17 aromatic carbocycles. The van der Waals surface area contributed by atoms with Gasteiger partial charge in [-0.2, -0.15) is 0 Å². The van der Waals surface area contributed by atoms with Crippen molar-refractivity contribution >= 4 is 43.7 Å². The number of nitrogens with zero attached hydrogens (tertiary/aromatic N) is 7. The number of furan rings is 1. The van der Waals surface area contributed by atoms with Crippen molar-refractivity contribution in [1.82, 2.24) is 34.5 Å². The normalized spacial score (nSPS) is 16.3. The van der Waals surface area contributed by atoms with Crippen molar-refractivity contribution in [3.05, 3.63) is 437 Å². The van der Waals surface area contributed by atoms with Gasteiger partial charge in [0.15, 0.2) is 34.9 Å². The van der Waals surface area contributed by atoms with Gasteiger partial charge < -0.3 is 8.98 Å². The third-order valence-electron chi connectivity index (χ3n) is 35.4. The first kappa shape index (κ1) is 88.8. The molecule has 0 saturated carbocycles. The van der Waals surface area contributed by atoms with Crippen LogP contribution in [0.4, 0.5) is 0 Å². The van der Waals surface area contributed by atoms with Crippen molar-refractivity contribution in [2.75, 3.05) is 0 Å². The summed E-state index contributed by atoms with van der Waals surface area (Å²) in [6.45, 7) is 43.2. The molecule has 0 unspecified atom stereocenters. The Morgan fingerprint density at radius 3 is 1.03 bits per heavy atom. The number of para-hydroxylation sites is 3. The number of aromatic nitrogens is 7. The highest BCUT2D eigenvalue weighted by Gasteiger charge is 2.53. The Kier molecular flexibility index (Phi) is 19.7. The maximum Gasteiger partial charge on any atom is 0.164 e. The predicted molar refractivity (Wildman–Crippen MR) is 593 cm³/mol. The van der Waals surface area contributed by atoms with Crippen molar-refractivity contribution in [3.63, 3.8) is 0 Å². The van der Waals surface area contributed by atoms with Gasteiger partial charge in [0.05, 0.1) is 11.0 Å². The standard InChI is InChI=1S/C48H39N3O.C45H39N.C42H37N3/c1-46(2)37-25-29(23-24-31(37)34-27-39-35(26-38(34)46)30-17-10-12-20-36(30)47(3,4)48(39,5)6)44-49-43(28-15-8-7-9-16-28)50-45(51-44)33-19-14-22-41-42(33)32-18-11-13-21-40(32)52-41;1-43(2)36-25-26-37-42(33-15-7-10-16-35(33)44(3,4)45(37,5)6)41(36)34-24-21-29(27-38(34)43)28-19-22-30(23-20-28)46-39-17-11-8-13-31(39)32-14-9-12-18-40(32)46;1-40(2)34-23-28(39-44-37(26-15-9-7-10-16-26)43-38(45-39)27-17-11-8-12-18-27)21-22-30(34)31-24-32-29-19-13-14-20-33(29)41(3,4)42(5,6)36(32)25-35(31)40/h7-27H,1-6H3;7-27H,1-6H3;7-25H,1-6H3. The topological polar surface area (TPSA) is 95.4 Å². The highest BCUT2D eigenvalue weighted by molar-refractivity contribution is 6.12. The van der Waals surface area contributed by atoms with E-state index in [4.69, 9.17) is 34.3 Å². The maximum atomic E-state index is 6.26. The van der Waals surface area contributed by atoms with Crippen LogP contribution in [0.5, 0.6) is 0 Å². The summed E-state index contributed by atoms with van der Waals surface area (Å²) in [5, 5.41) is 4.64. The zero-order chi connectivity index (χ0) is 98.3. The molecule has 0 spiro atoms. The molecule has 4 aromatic heterocycles. The van der Waals surface area contributed by atoms with Crippen LogP contribution >= 0.6 is 0 Å². The van der Waals surface area contributed by atoms with Crippen LogP contribution in [0.3, 0.4) is 0 Å². The zero-order valence-electron chi connectivity index (χ0n) is 84.8. The third-order valence-corrected chi connectivity index (χ3v) is 35.4. The van der Waals surface area contributed by atoms with Gasteiger partial charge in [-0.05, 0) is 250 Å². The van der Waals surface area contributed by atoms with Crippen molar-refractivity contribution in [3.8, 4) is 152 Å². The molecule has 0 fully saturated rings. The second kappa shape index (κ2) is 31.7. The first-order valence-corrected chi connectivity index (χ1v) is 50.7. The fourth-order valence-electron chi connectivity index (χ4n) is 25.2. The van der Waals surface area contributed by atoms with Crippen LogP contribution in [0.15, 0.2) is 374 Å². The molecule has 6 aliphatic rings. The molecule has 0 amide bonds. The van der Waals surface area contributed by atoms with E-state index in [0.29, 0.717) is 34.9 Å². The van der Waals surface area contributed by atoms with Crippen LogP contribution in [-0.2, 0) is 48.7 Å². The number of hydrogen-bond donors (Lipinski definition) is 0. The van der Waals surface area contributed by atoms with Crippen LogP contribution in [0, 0.1) is 0 Å². The molecule has 8 heteroatoms. The second-order valence-corrected chi connectivity index (χ2v) is 45.2. The van der Waals surface area contributed by atoms with E-state index < -0.39 is 0 Å². The Hall–Kier alpha value is -15.6. The fraction of sp³-hybridized carbons (Fsp3) is 0.200. The molecular weight excluding hydrogens is 1740 g/mol. The molecule has 6 aliphatic carbocycles. The summed E-state index contributed by atoms with van der Waals surface area (Å²) in [5.41, 5.74) is 46.2. The monoisotopic (exact) mass is 1850 g/mol. The molecular formula is C135H115N7O. The summed E-state index contributed by atoms with van der Waals surface area (Å²) < 4.78 is 8.65. The van der Waals surface area contributed by atoms with E-state index in [9.17, 15) is 0 Å². The average Bonchev–Trinajstić information content (AvgIpc) is 1.38. The van der Waals surface area contributed by atoms with Crippen LogP contribution in [-0.4, -0.2) is 34.5 Å². The first-order valence-electron chi connectivity index (χ1n) is 50.7. The summed E-state index contributed by atoms with van der Waals surface area (Å²) in [5.74, 6) is 3.97. The minimum absolute atomic E-state index is 0.000791. The van der Waals surface area contributed by atoms with Crippen LogP contribution in [0.2, 0.25) is 0 Å². The molecule has 0 atom stereocenters. The van der Waals surface area contributed by atoms with Crippen LogP contribution < -0.4 is 0 Å². The van der Waals surface area contributed by atoms with Gasteiger partial charge >= 0.3 is 0 Å². The highest BCUT2D eigenvalue weighted by Crippen LogP contribution is 2.65. The average molecular weight is 1850 g/mol. The fourth-order valence-corrected chi connectivity index (χ4v) is 25.2. The second-order valence-electron chi connectivity index (χ2n) is 45.2. The predicted octanol–water partition coefficient (Wildman–Crippen LogP) is 34.7. The lowest BCUT2D eigenvalue weighted by Crippen LogP contribution is -2.43. The number of hydrogen-bond acceptors (Lipinski definition) is 7. The zero-order valence-corrected chi connectivity index (χ0v) is 84.8. The molecule has 143 heavy (non-hydrogen) atoms. The highest BCUT2D eigenvalue weighted by atomic mass is 16.3. The lowest BCUT2D eigenvalue weighted by Gasteiger charge is -2.49. The smallest absolute Gasteiger partial charge is 0.164 e. The van der Waals surface area contributed by atoms with Crippen molar-refractivity contribution in [2.45, 2.75) is 173 Å². The Morgan fingerprint density at radius 2 is 0.497 bits per heavy atom. The van der Waals surface area contributed by atoms with Gasteiger partial charge in [-0.15, -0.1) is 0 Å². The largest absolute Gasteiger partial charge is 0.456 e. The minimum Gasteiger partial charge on any atom is -0.456 e. The van der Waals surface area contributed by atoms with Crippen molar-refractivity contribution < 1.29 is 4.42 Å². The molecule has 27 rings (SSSR count). The SMILES string of the molecule is CC1(C)c2cc(-c3ccc(-n4c5ccccc5c5ccccc54)cc3)ccc2-c2c1ccc1c2-c2ccccc2C(C)(C)C1(C)C.CC1(C)c2cc(-c3nc(-c4ccccc4)nc(-c4cccc5oc6ccccc6c45)n3)ccc2-c2cc3c(cc21)-c1ccccc1C(C)(C)C3(C)C.CC1(C)c2cc(-c3nc(-c4ccccc4)nc(-c4ccccc4)n3)ccc2-c2cc3c(cc21)C(C)(C)C(C)(C)c1ccccc1-3. The minimum atomic E-state index is -0.221. The van der Waals surface area contributed by atoms with E-state index in [1.165, 1.54) is 172 Å². The number of fused-ring (bicyclic) bond motifs is 25. The third kappa shape index (κ3) is 13.2. The summed E-state index contributed by atoms with van der Waals surface area (Å²) in [7, 11) is 0. The lowest BCUT2D eigenvalue weighted by atomic mass is 9.54. The van der Waals surface area contributed by atoms with Crippen LogP contribution in [0.1, 0.15) is 191 Å². The van der Waals surface area contributed by atoms with E-state index >= 15 is 0 Å². The molecule has 8 nitrogen and oxygen atoms in total. The Labute approximate surface area is 838 Å². The summed E-state index contributed by atoms with van der Waals surface area (Å²) in [6.07, 6.45) is 0. The molecule has 0 radical (unpaired) electrons. The summed E-state index contributed by atoms with van der Waals surface area (Å²) in [6, 6.07) is 134. The molecule has 4 heterocycles. The van der Waals surface area contributed by atoms with Gasteiger partial charge in [0, 0.05) is 76.9 Å². The summed E-state index contributed by atoms with van der Waals surface area (Å²) in [4.78, 5) is 30.4. The van der Waals surface area contributed by atoms with E-state index in [2.05, 4.69) is 414 Å². The van der Waals surface area contributed by atoms with Crippen molar-refractivity contribution in [1.29, 1.82) is 0 Å². The molecule has 696 valence electrons. The Bertz CT molecular complexity index is 8790. The molecule has 0 bridgehead atoms. The van der Waals surface area contributed by atoms with Gasteiger partial charge in [-0.3, -0.25) is 0 Å². The van der Waals surface area contributed by atoms with E-state index in [1.54, 1.807) is 0 Å². The molecule has 21 aromatic rings. The summed E-state index contributed by atoms with van der Waals surface area (Å²) >= 11 is 0. The van der Waals surface area contributed by atoms with E-state index in [0.717, 1.165) is 55.3 Å². The maximum absolute atomic E-state index is 6.26. The van der Waals surface area contributed by atoms with Gasteiger partial charge in [-0.1, -0.05) is 422 Å². The number of benzene rings is 17. The van der Waals surface area contributed by atoms with Gasteiger partial charge in [0.2, 0.25) is 0 Å². The quantitative estimate of drug-likeness (QED) is 0.150. The molecule has 0 saturated heterocycles. The number of rotatable bonds is 8. The van der Waals surface area contributed by atoms with Crippen molar-refractivity contribution in [2.24, 2.45) is 0 Å².